The molecule has 0 saturated carbocycles. The summed E-state index contributed by atoms with van der Waals surface area (Å²) in [5, 5.41) is 3.74. The molecule has 0 fully saturated rings. The Balaban J connectivity index is 1.84. The summed E-state index contributed by atoms with van der Waals surface area (Å²) in [7, 11) is 0. The van der Waals surface area contributed by atoms with Crippen LogP contribution in [0.25, 0.3) is 11.4 Å². The van der Waals surface area contributed by atoms with Crippen molar-refractivity contribution in [3.8, 4) is 11.4 Å². The minimum Gasteiger partial charge on any atom is -0.399 e. The molecule has 6 heteroatoms. The minimum absolute atomic E-state index is 0.152. The first kappa shape index (κ1) is 13.2. The fourth-order valence-corrected chi connectivity index (χ4v) is 1.94. The second kappa shape index (κ2) is 5.32. The molecule has 0 spiro atoms. The summed E-state index contributed by atoms with van der Waals surface area (Å²) in [6, 6.07) is 10.3. The number of halogens is 2. The molecule has 0 unspecified atom stereocenters. The molecule has 2 aromatic carbocycles. The molecule has 0 aliphatic rings. The van der Waals surface area contributed by atoms with Crippen LogP contribution < -0.4 is 5.73 Å². The first-order valence-corrected chi connectivity index (χ1v) is 6.23. The number of hydrogen-bond donors (Lipinski definition) is 1. The number of anilines is 1. The van der Waals surface area contributed by atoms with E-state index in [1.54, 1.807) is 12.1 Å². The summed E-state index contributed by atoms with van der Waals surface area (Å²) in [5.41, 5.74) is 7.46. The SMILES string of the molecule is Nc1ccc(Cc2nc(-c3cc(F)cc(F)c3)no2)cc1. The maximum Gasteiger partial charge on any atom is 0.231 e. The molecule has 2 N–H and O–H groups in total. The standard InChI is InChI=1S/C15H11F2N3O/c16-11-6-10(7-12(17)8-11)15-19-14(21-20-15)5-9-1-3-13(18)4-2-9/h1-4,6-8H,5,18H2. The highest BCUT2D eigenvalue weighted by molar-refractivity contribution is 5.54. The van der Waals surface area contributed by atoms with Crippen molar-refractivity contribution in [2.45, 2.75) is 6.42 Å². The van der Waals surface area contributed by atoms with Crippen molar-refractivity contribution in [3.63, 3.8) is 0 Å². The first-order chi connectivity index (χ1) is 10.1. The molecular formula is C15H11F2N3O. The van der Waals surface area contributed by atoms with Crippen LogP contribution in [0.1, 0.15) is 11.5 Å². The maximum absolute atomic E-state index is 13.2. The normalized spacial score (nSPS) is 10.8. The van der Waals surface area contributed by atoms with Crippen LogP contribution >= 0.6 is 0 Å². The molecule has 0 atom stereocenters. The van der Waals surface area contributed by atoms with E-state index in [2.05, 4.69) is 10.1 Å². The van der Waals surface area contributed by atoms with E-state index in [9.17, 15) is 8.78 Å². The van der Waals surface area contributed by atoms with Crippen LogP contribution in [0.4, 0.5) is 14.5 Å². The van der Waals surface area contributed by atoms with E-state index in [-0.39, 0.29) is 11.4 Å². The fourth-order valence-electron chi connectivity index (χ4n) is 1.94. The van der Waals surface area contributed by atoms with E-state index < -0.39 is 11.6 Å². The minimum atomic E-state index is -0.685. The Morgan fingerprint density at radius 1 is 1.00 bits per heavy atom. The van der Waals surface area contributed by atoms with E-state index in [0.29, 0.717) is 18.0 Å². The van der Waals surface area contributed by atoms with E-state index in [0.717, 1.165) is 23.8 Å². The van der Waals surface area contributed by atoms with Crippen LogP contribution in [-0.2, 0) is 6.42 Å². The van der Waals surface area contributed by atoms with Crippen molar-refractivity contribution >= 4 is 5.69 Å². The zero-order valence-corrected chi connectivity index (χ0v) is 10.9. The number of aromatic nitrogens is 2. The summed E-state index contributed by atoms with van der Waals surface area (Å²) >= 11 is 0. The molecular weight excluding hydrogens is 276 g/mol. The topological polar surface area (TPSA) is 64.9 Å². The van der Waals surface area contributed by atoms with Crippen LogP contribution in [0.2, 0.25) is 0 Å². The molecule has 0 bridgehead atoms. The third-order valence-corrected chi connectivity index (χ3v) is 2.92. The van der Waals surface area contributed by atoms with Gasteiger partial charge in [-0.3, -0.25) is 0 Å². The number of nitrogens with two attached hydrogens (primary N) is 1. The predicted molar refractivity (Wildman–Crippen MR) is 73.3 cm³/mol. The zero-order valence-electron chi connectivity index (χ0n) is 10.9. The summed E-state index contributed by atoms with van der Waals surface area (Å²) < 4.78 is 31.4. The summed E-state index contributed by atoms with van der Waals surface area (Å²) in [4.78, 5) is 4.14. The van der Waals surface area contributed by atoms with E-state index in [4.69, 9.17) is 10.3 Å². The molecule has 21 heavy (non-hydrogen) atoms. The lowest BCUT2D eigenvalue weighted by Gasteiger charge is -1.97. The Morgan fingerprint density at radius 2 is 1.67 bits per heavy atom. The maximum atomic E-state index is 13.2. The van der Waals surface area contributed by atoms with Crippen LogP contribution in [0.3, 0.4) is 0 Å². The van der Waals surface area contributed by atoms with Gasteiger partial charge in [0.1, 0.15) is 11.6 Å². The van der Waals surface area contributed by atoms with Gasteiger partial charge in [-0.2, -0.15) is 4.98 Å². The average Bonchev–Trinajstić information content (AvgIpc) is 2.89. The highest BCUT2D eigenvalue weighted by Crippen LogP contribution is 2.20. The van der Waals surface area contributed by atoms with Gasteiger partial charge in [0.15, 0.2) is 0 Å². The molecule has 0 amide bonds. The number of nitrogen functional groups attached to an aromatic ring is 1. The molecule has 0 aliphatic carbocycles. The molecule has 3 rings (SSSR count). The molecule has 3 aromatic rings. The van der Waals surface area contributed by atoms with Crippen molar-refractivity contribution in [2.75, 3.05) is 5.73 Å². The van der Waals surface area contributed by atoms with Gasteiger partial charge in [-0.05, 0) is 29.8 Å². The Bertz CT molecular complexity index is 749. The van der Waals surface area contributed by atoms with Crippen LogP contribution in [0.15, 0.2) is 47.0 Å². The van der Waals surface area contributed by atoms with Crippen molar-refractivity contribution < 1.29 is 13.3 Å². The van der Waals surface area contributed by atoms with Crippen molar-refractivity contribution in [3.05, 3.63) is 65.6 Å². The quantitative estimate of drug-likeness (QED) is 0.751. The van der Waals surface area contributed by atoms with Gasteiger partial charge in [0.05, 0.1) is 6.42 Å². The number of benzene rings is 2. The fraction of sp³-hybridized carbons (Fsp3) is 0.0667. The molecule has 0 aliphatic heterocycles. The third kappa shape index (κ3) is 3.05. The lowest BCUT2D eigenvalue weighted by molar-refractivity contribution is 0.385. The molecule has 4 nitrogen and oxygen atoms in total. The Labute approximate surface area is 119 Å². The number of nitrogens with zero attached hydrogens (tertiary/aromatic N) is 2. The zero-order chi connectivity index (χ0) is 14.8. The van der Waals surface area contributed by atoms with Gasteiger partial charge < -0.3 is 10.3 Å². The van der Waals surface area contributed by atoms with Crippen molar-refractivity contribution in [2.24, 2.45) is 0 Å². The average molecular weight is 287 g/mol. The van der Waals surface area contributed by atoms with Gasteiger partial charge in [0.2, 0.25) is 11.7 Å². The van der Waals surface area contributed by atoms with Gasteiger partial charge in [0, 0.05) is 17.3 Å². The van der Waals surface area contributed by atoms with Crippen LogP contribution in [-0.4, -0.2) is 10.1 Å². The predicted octanol–water partition coefficient (Wildman–Crippen LogP) is 3.19. The lowest BCUT2D eigenvalue weighted by atomic mass is 10.1. The van der Waals surface area contributed by atoms with Crippen molar-refractivity contribution in [1.82, 2.24) is 10.1 Å². The Morgan fingerprint density at radius 3 is 2.33 bits per heavy atom. The van der Waals surface area contributed by atoms with Crippen molar-refractivity contribution in [1.29, 1.82) is 0 Å². The molecule has 106 valence electrons. The largest absolute Gasteiger partial charge is 0.399 e. The Hall–Kier alpha value is -2.76. The van der Waals surface area contributed by atoms with Gasteiger partial charge >= 0.3 is 0 Å². The number of hydrogen-bond acceptors (Lipinski definition) is 4. The van der Waals surface area contributed by atoms with E-state index in [1.165, 1.54) is 0 Å². The molecule has 1 heterocycles. The van der Waals surface area contributed by atoms with E-state index >= 15 is 0 Å². The monoisotopic (exact) mass is 287 g/mol. The van der Waals surface area contributed by atoms with E-state index in [1.807, 2.05) is 12.1 Å². The van der Waals surface area contributed by atoms with Gasteiger partial charge in [-0.25, -0.2) is 8.78 Å². The lowest BCUT2D eigenvalue weighted by Crippen LogP contribution is -1.90. The van der Waals surface area contributed by atoms with Gasteiger partial charge in [-0.15, -0.1) is 0 Å². The highest BCUT2D eigenvalue weighted by Gasteiger charge is 2.11. The smallest absolute Gasteiger partial charge is 0.231 e. The third-order valence-electron chi connectivity index (χ3n) is 2.92. The van der Waals surface area contributed by atoms with Crippen LogP contribution in [0.5, 0.6) is 0 Å². The highest BCUT2D eigenvalue weighted by atomic mass is 19.1. The summed E-state index contributed by atoms with van der Waals surface area (Å²) in [5.74, 6) is -0.858. The Kier molecular flexibility index (Phi) is 3.35. The van der Waals surface area contributed by atoms with Gasteiger partial charge in [-0.1, -0.05) is 17.3 Å². The summed E-state index contributed by atoms with van der Waals surface area (Å²) in [6.07, 6.45) is 0.422. The summed E-state index contributed by atoms with van der Waals surface area (Å²) in [6.45, 7) is 0. The first-order valence-electron chi connectivity index (χ1n) is 6.23. The number of rotatable bonds is 3. The molecule has 0 radical (unpaired) electrons. The van der Waals surface area contributed by atoms with Crippen LogP contribution in [0, 0.1) is 11.6 Å². The molecule has 0 saturated heterocycles. The second-order valence-electron chi connectivity index (χ2n) is 4.59. The van der Waals surface area contributed by atoms with Gasteiger partial charge in [0.25, 0.3) is 0 Å². The molecule has 1 aromatic heterocycles. The second-order valence-corrected chi connectivity index (χ2v) is 4.59.